The predicted molar refractivity (Wildman–Crippen MR) is 58.6 cm³/mol. The Hall–Kier alpha value is -1.09. The molecule has 0 amide bonds. The lowest BCUT2D eigenvalue weighted by atomic mass is 10.0. The molecule has 0 aliphatic heterocycles. The average molecular weight is 209 g/mol. The van der Waals surface area contributed by atoms with Gasteiger partial charge in [0.1, 0.15) is 5.82 Å². The quantitative estimate of drug-likeness (QED) is 0.822. The Morgan fingerprint density at radius 1 is 1.40 bits per heavy atom. The normalized spacial score (nSPS) is 17.6. The lowest BCUT2D eigenvalue weighted by Crippen LogP contribution is -2.16. The molecule has 0 bridgehead atoms. The Balaban J connectivity index is 2.28. The first kappa shape index (κ1) is 10.4. The summed E-state index contributed by atoms with van der Waals surface area (Å²) in [5, 5.41) is 9.85. The van der Waals surface area contributed by atoms with E-state index in [0.717, 1.165) is 24.1 Å². The molecule has 0 atom stereocenters. The first-order valence-electron chi connectivity index (χ1n) is 5.18. The van der Waals surface area contributed by atoms with Crippen LogP contribution in [0.1, 0.15) is 18.4 Å². The van der Waals surface area contributed by atoms with Crippen molar-refractivity contribution in [2.75, 3.05) is 19.0 Å². The van der Waals surface area contributed by atoms with Crippen LogP contribution in [-0.4, -0.2) is 24.8 Å². The van der Waals surface area contributed by atoms with Crippen LogP contribution in [0.2, 0.25) is 0 Å². The van der Waals surface area contributed by atoms with Crippen LogP contribution in [0.5, 0.6) is 0 Å². The Kier molecular flexibility index (Phi) is 2.43. The summed E-state index contributed by atoms with van der Waals surface area (Å²) in [4.78, 5) is 1.88. The van der Waals surface area contributed by atoms with E-state index in [-0.39, 0.29) is 5.82 Å². The van der Waals surface area contributed by atoms with Crippen LogP contribution >= 0.6 is 0 Å². The SMILES string of the molecule is CN(C)c1cc(F)ccc1CC1(O)CC1. The summed E-state index contributed by atoms with van der Waals surface area (Å²) in [5.74, 6) is -0.231. The van der Waals surface area contributed by atoms with E-state index in [4.69, 9.17) is 0 Å². The summed E-state index contributed by atoms with van der Waals surface area (Å²) < 4.78 is 13.1. The third kappa shape index (κ3) is 2.29. The van der Waals surface area contributed by atoms with Crippen molar-refractivity contribution in [1.82, 2.24) is 0 Å². The Labute approximate surface area is 89.3 Å². The van der Waals surface area contributed by atoms with Crippen LogP contribution in [0.4, 0.5) is 10.1 Å². The third-order valence-corrected chi connectivity index (χ3v) is 2.88. The molecule has 2 rings (SSSR count). The van der Waals surface area contributed by atoms with Gasteiger partial charge in [-0.1, -0.05) is 6.07 Å². The molecule has 1 aliphatic carbocycles. The van der Waals surface area contributed by atoms with E-state index >= 15 is 0 Å². The van der Waals surface area contributed by atoms with Gasteiger partial charge in [0.2, 0.25) is 0 Å². The van der Waals surface area contributed by atoms with Crippen molar-refractivity contribution in [3.05, 3.63) is 29.6 Å². The molecule has 3 heteroatoms. The zero-order chi connectivity index (χ0) is 11.1. The van der Waals surface area contributed by atoms with Gasteiger partial charge in [-0.3, -0.25) is 0 Å². The molecule has 1 aromatic rings. The van der Waals surface area contributed by atoms with Crippen molar-refractivity contribution in [1.29, 1.82) is 0 Å². The van der Waals surface area contributed by atoms with Crippen LogP contribution in [0.15, 0.2) is 18.2 Å². The van der Waals surface area contributed by atoms with Crippen molar-refractivity contribution < 1.29 is 9.50 Å². The molecular weight excluding hydrogens is 193 g/mol. The molecule has 0 radical (unpaired) electrons. The lowest BCUT2D eigenvalue weighted by molar-refractivity contribution is 0.151. The molecule has 1 N–H and O–H groups in total. The molecule has 1 fully saturated rings. The van der Waals surface area contributed by atoms with Crippen molar-refractivity contribution in [2.24, 2.45) is 0 Å². The van der Waals surface area contributed by atoms with Gasteiger partial charge in [0, 0.05) is 26.2 Å². The molecule has 0 saturated heterocycles. The smallest absolute Gasteiger partial charge is 0.125 e. The first-order chi connectivity index (χ1) is 7.00. The second-order valence-corrected chi connectivity index (χ2v) is 4.57. The van der Waals surface area contributed by atoms with Crippen LogP contribution in [-0.2, 0) is 6.42 Å². The molecule has 1 aromatic carbocycles. The predicted octanol–water partition coefficient (Wildman–Crippen LogP) is 1.96. The minimum atomic E-state index is -0.525. The number of halogens is 1. The summed E-state index contributed by atoms with van der Waals surface area (Å²) in [6, 6.07) is 4.73. The number of benzene rings is 1. The standard InChI is InChI=1S/C12H16FNO/c1-14(2)11-7-10(13)4-3-9(11)8-12(15)5-6-12/h3-4,7,15H,5-6,8H2,1-2H3. The molecule has 1 saturated carbocycles. The molecule has 0 unspecified atom stereocenters. The maximum atomic E-state index is 13.1. The molecular formula is C12H16FNO. The first-order valence-corrected chi connectivity index (χ1v) is 5.18. The highest BCUT2D eigenvalue weighted by Crippen LogP contribution is 2.40. The van der Waals surface area contributed by atoms with E-state index in [2.05, 4.69) is 0 Å². The second kappa shape index (κ2) is 3.49. The van der Waals surface area contributed by atoms with Gasteiger partial charge < -0.3 is 10.0 Å². The number of nitrogens with zero attached hydrogens (tertiary/aromatic N) is 1. The molecule has 0 spiro atoms. The molecule has 2 nitrogen and oxygen atoms in total. The Morgan fingerprint density at radius 2 is 2.07 bits per heavy atom. The zero-order valence-electron chi connectivity index (χ0n) is 9.13. The number of aliphatic hydroxyl groups is 1. The summed E-state index contributed by atoms with van der Waals surface area (Å²) in [7, 11) is 3.77. The number of anilines is 1. The van der Waals surface area contributed by atoms with Crippen molar-refractivity contribution >= 4 is 5.69 Å². The molecule has 15 heavy (non-hydrogen) atoms. The van der Waals surface area contributed by atoms with Crippen molar-refractivity contribution in [2.45, 2.75) is 24.9 Å². The minimum Gasteiger partial charge on any atom is -0.390 e. The maximum absolute atomic E-state index is 13.1. The molecule has 0 aromatic heterocycles. The summed E-state index contributed by atoms with van der Waals surface area (Å²) in [6.45, 7) is 0. The number of rotatable bonds is 3. The van der Waals surface area contributed by atoms with E-state index in [1.54, 1.807) is 6.07 Å². The monoisotopic (exact) mass is 209 g/mol. The summed E-state index contributed by atoms with van der Waals surface area (Å²) in [5.41, 5.74) is 1.35. The van der Waals surface area contributed by atoms with Crippen LogP contribution < -0.4 is 4.90 Å². The highest BCUT2D eigenvalue weighted by atomic mass is 19.1. The van der Waals surface area contributed by atoms with Crippen molar-refractivity contribution in [3.8, 4) is 0 Å². The topological polar surface area (TPSA) is 23.5 Å². The fraction of sp³-hybridized carbons (Fsp3) is 0.500. The van der Waals surface area contributed by atoms with Gasteiger partial charge in [-0.05, 0) is 30.5 Å². The van der Waals surface area contributed by atoms with E-state index in [1.807, 2.05) is 19.0 Å². The minimum absolute atomic E-state index is 0.231. The Bertz CT molecular complexity index is 372. The summed E-state index contributed by atoms with van der Waals surface area (Å²) >= 11 is 0. The van der Waals surface area contributed by atoms with Gasteiger partial charge in [-0.25, -0.2) is 4.39 Å². The van der Waals surface area contributed by atoms with Gasteiger partial charge >= 0.3 is 0 Å². The maximum Gasteiger partial charge on any atom is 0.125 e. The molecule has 82 valence electrons. The highest BCUT2D eigenvalue weighted by molar-refractivity contribution is 5.53. The third-order valence-electron chi connectivity index (χ3n) is 2.88. The van der Waals surface area contributed by atoms with E-state index in [9.17, 15) is 9.50 Å². The zero-order valence-corrected chi connectivity index (χ0v) is 9.13. The number of hydrogen-bond donors (Lipinski definition) is 1. The van der Waals surface area contributed by atoms with E-state index in [1.165, 1.54) is 12.1 Å². The van der Waals surface area contributed by atoms with Crippen LogP contribution in [0.25, 0.3) is 0 Å². The van der Waals surface area contributed by atoms with Gasteiger partial charge in [-0.2, -0.15) is 0 Å². The van der Waals surface area contributed by atoms with Crippen LogP contribution in [0.3, 0.4) is 0 Å². The number of hydrogen-bond acceptors (Lipinski definition) is 2. The fourth-order valence-corrected chi connectivity index (χ4v) is 1.78. The van der Waals surface area contributed by atoms with Crippen LogP contribution in [0, 0.1) is 5.82 Å². The van der Waals surface area contributed by atoms with E-state index < -0.39 is 5.60 Å². The molecule has 1 aliphatic rings. The largest absolute Gasteiger partial charge is 0.390 e. The second-order valence-electron chi connectivity index (χ2n) is 4.57. The van der Waals surface area contributed by atoms with Gasteiger partial charge in [0.15, 0.2) is 0 Å². The molecule has 0 heterocycles. The highest BCUT2D eigenvalue weighted by Gasteiger charge is 2.40. The summed E-state index contributed by atoms with van der Waals surface area (Å²) in [6.07, 6.45) is 2.34. The average Bonchev–Trinajstić information content (AvgIpc) is 2.87. The van der Waals surface area contributed by atoms with E-state index in [0.29, 0.717) is 6.42 Å². The van der Waals surface area contributed by atoms with Crippen molar-refractivity contribution in [3.63, 3.8) is 0 Å². The lowest BCUT2D eigenvalue weighted by Gasteiger charge is -2.19. The fourth-order valence-electron chi connectivity index (χ4n) is 1.78. The van der Waals surface area contributed by atoms with Gasteiger partial charge in [0.25, 0.3) is 0 Å². The van der Waals surface area contributed by atoms with Gasteiger partial charge in [0.05, 0.1) is 5.60 Å². The Morgan fingerprint density at radius 3 is 2.60 bits per heavy atom. The van der Waals surface area contributed by atoms with Gasteiger partial charge in [-0.15, -0.1) is 0 Å².